The molecule has 1 heterocycles. The first-order valence-electron chi connectivity index (χ1n) is 10.3. The topological polar surface area (TPSA) is 126 Å². The van der Waals surface area contributed by atoms with Crippen LogP contribution in [0.15, 0.2) is 29.1 Å². The number of rotatable bonds is 7. The molecular formula is C22H25FIN3O6S. The van der Waals surface area contributed by atoms with Gasteiger partial charge in [-0.2, -0.15) is 0 Å². The number of nitrogens with zero attached hydrogens (tertiary/aromatic N) is 2. The van der Waals surface area contributed by atoms with Gasteiger partial charge in [-0.05, 0) is 64.6 Å². The summed E-state index contributed by atoms with van der Waals surface area (Å²) in [5.74, 6) is -1.22. The largest absolute Gasteiger partial charge is 0.464 e. The van der Waals surface area contributed by atoms with Crippen LogP contribution in [0, 0.1) is 9.39 Å². The van der Waals surface area contributed by atoms with Gasteiger partial charge in [0.15, 0.2) is 5.82 Å². The van der Waals surface area contributed by atoms with Crippen molar-refractivity contribution in [3.63, 3.8) is 0 Å². The molecule has 34 heavy (non-hydrogen) atoms. The van der Waals surface area contributed by atoms with Crippen molar-refractivity contribution in [3.05, 3.63) is 49.6 Å². The van der Waals surface area contributed by atoms with Gasteiger partial charge in [-0.3, -0.25) is 14.1 Å². The van der Waals surface area contributed by atoms with Gasteiger partial charge in [0.1, 0.15) is 12.1 Å². The lowest BCUT2D eigenvalue weighted by molar-refractivity contribution is -0.107. The van der Waals surface area contributed by atoms with E-state index in [1.165, 1.54) is 25.2 Å². The lowest BCUT2D eigenvalue weighted by atomic mass is 9.86. The number of aldehydes is 1. The summed E-state index contributed by atoms with van der Waals surface area (Å²) in [4.78, 5) is 37.0. The Balaban J connectivity index is 2.38. The maximum atomic E-state index is 14.9. The maximum Gasteiger partial charge on any atom is 0.417 e. The van der Waals surface area contributed by atoms with E-state index in [-0.39, 0.29) is 42.0 Å². The predicted octanol–water partition coefficient (Wildman–Crippen LogP) is 4.11. The first kappa shape index (κ1) is 26.1. The van der Waals surface area contributed by atoms with Gasteiger partial charge in [-0.1, -0.05) is 20.8 Å². The lowest BCUT2D eigenvalue weighted by Crippen LogP contribution is -2.37. The molecule has 1 aliphatic carbocycles. The maximum absolute atomic E-state index is 14.9. The van der Waals surface area contributed by atoms with Crippen molar-refractivity contribution in [1.82, 2.24) is 4.57 Å². The summed E-state index contributed by atoms with van der Waals surface area (Å²) in [7, 11) is -2.89. The highest BCUT2D eigenvalue weighted by molar-refractivity contribution is 14.1. The molecule has 0 spiro atoms. The molecular weight excluding hydrogens is 580 g/mol. The van der Waals surface area contributed by atoms with Crippen LogP contribution in [0.4, 0.5) is 26.4 Å². The van der Waals surface area contributed by atoms with Crippen LogP contribution in [0.5, 0.6) is 0 Å². The van der Waals surface area contributed by atoms with Crippen molar-refractivity contribution in [2.24, 2.45) is 7.05 Å². The summed E-state index contributed by atoms with van der Waals surface area (Å²) in [6, 6.07) is 5.09. The number of aromatic nitrogens is 1. The molecule has 0 atom stereocenters. The zero-order valence-corrected chi connectivity index (χ0v) is 22.0. The molecule has 1 aromatic carbocycles. The zero-order valence-electron chi connectivity index (χ0n) is 19.1. The Labute approximate surface area is 210 Å². The number of halogens is 2. The standard InChI is InChI=1S/C22H25FIN3O6S/c1-21(2,3)14-12-17(29)26(4)19(18(14)25-34(32,33)22(7-8-22)9-10-28)27(20(30)31)16-6-5-13(24)11-15(16)23/h5-6,10-12,25H,7-9H2,1-4H3,(H,30,31). The minimum atomic E-state index is -4.17. The molecule has 2 aromatic rings. The summed E-state index contributed by atoms with van der Waals surface area (Å²) in [6.45, 7) is 5.20. The number of amides is 1. The van der Waals surface area contributed by atoms with Gasteiger partial charge in [0.05, 0.1) is 16.1 Å². The van der Waals surface area contributed by atoms with E-state index in [2.05, 4.69) is 4.72 Å². The molecule has 9 nitrogen and oxygen atoms in total. The molecule has 0 radical (unpaired) electrons. The fourth-order valence-corrected chi connectivity index (χ4v) is 5.79. The number of hydrogen-bond donors (Lipinski definition) is 2. The smallest absolute Gasteiger partial charge is 0.417 e. The van der Waals surface area contributed by atoms with Crippen LogP contribution in [0.3, 0.4) is 0 Å². The van der Waals surface area contributed by atoms with Gasteiger partial charge < -0.3 is 9.90 Å². The molecule has 1 fully saturated rings. The molecule has 0 aliphatic heterocycles. The Morgan fingerprint density at radius 3 is 2.41 bits per heavy atom. The van der Waals surface area contributed by atoms with Gasteiger partial charge in [0, 0.05) is 23.1 Å². The Morgan fingerprint density at radius 2 is 1.94 bits per heavy atom. The van der Waals surface area contributed by atoms with Crippen molar-refractivity contribution in [3.8, 4) is 0 Å². The number of carbonyl (C=O) groups is 2. The molecule has 3 rings (SSSR count). The van der Waals surface area contributed by atoms with Gasteiger partial charge in [-0.15, -0.1) is 0 Å². The van der Waals surface area contributed by atoms with Crippen LogP contribution < -0.4 is 15.2 Å². The third-order valence-electron chi connectivity index (χ3n) is 5.84. The Bertz CT molecular complexity index is 1330. The Kier molecular flexibility index (Phi) is 6.88. The highest BCUT2D eigenvalue weighted by Crippen LogP contribution is 2.48. The lowest BCUT2D eigenvalue weighted by Gasteiger charge is -2.31. The summed E-state index contributed by atoms with van der Waals surface area (Å²) in [5.41, 5.74) is -1.70. The van der Waals surface area contributed by atoms with Crippen LogP contribution in [0.2, 0.25) is 0 Å². The quantitative estimate of drug-likeness (QED) is 0.362. The molecule has 1 amide bonds. The number of anilines is 3. The zero-order chi connectivity index (χ0) is 25.6. The highest BCUT2D eigenvalue weighted by atomic mass is 127. The van der Waals surface area contributed by atoms with Gasteiger partial charge >= 0.3 is 6.09 Å². The van der Waals surface area contributed by atoms with Gasteiger partial charge in [0.2, 0.25) is 10.0 Å². The molecule has 0 bridgehead atoms. The van der Waals surface area contributed by atoms with Crippen molar-refractivity contribution in [2.45, 2.75) is 50.2 Å². The summed E-state index contributed by atoms with van der Waals surface area (Å²) < 4.78 is 44.2. The normalized spacial score (nSPS) is 15.0. The number of hydrogen-bond acceptors (Lipinski definition) is 5. The monoisotopic (exact) mass is 605 g/mol. The Morgan fingerprint density at radius 1 is 1.32 bits per heavy atom. The van der Waals surface area contributed by atoms with Crippen molar-refractivity contribution in [2.75, 3.05) is 9.62 Å². The fourth-order valence-electron chi connectivity index (χ4n) is 3.73. The van der Waals surface area contributed by atoms with E-state index in [9.17, 15) is 32.3 Å². The second kappa shape index (κ2) is 8.95. The average Bonchev–Trinajstić information content (AvgIpc) is 3.49. The molecule has 2 N–H and O–H groups in total. The summed E-state index contributed by atoms with van der Waals surface area (Å²) in [5, 5.41) is 10.1. The molecule has 0 unspecified atom stereocenters. The second-order valence-electron chi connectivity index (χ2n) is 9.28. The van der Waals surface area contributed by atoms with Crippen LogP contribution >= 0.6 is 22.6 Å². The number of benzene rings is 1. The SMILES string of the molecule is Cn1c(N(C(=O)O)c2ccc(I)cc2F)c(NS(=O)(=O)C2(CC=O)CC2)c(C(C)(C)C)cc1=O. The van der Waals surface area contributed by atoms with E-state index < -0.39 is 37.7 Å². The van der Waals surface area contributed by atoms with E-state index in [1.807, 2.05) is 22.6 Å². The van der Waals surface area contributed by atoms with E-state index in [1.54, 1.807) is 20.8 Å². The van der Waals surface area contributed by atoms with E-state index in [0.717, 1.165) is 10.6 Å². The summed E-state index contributed by atoms with van der Waals surface area (Å²) in [6.07, 6.45) is -0.773. The number of pyridine rings is 1. The third kappa shape index (κ3) is 4.69. The molecule has 184 valence electrons. The minimum absolute atomic E-state index is 0.160. The first-order valence-corrected chi connectivity index (χ1v) is 12.9. The fraction of sp³-hybridized carbons (Fsp3) is 0.409. The number of carbonyl (C=O) groups excluding carboxylic acids is 1. The molecule has 12 heteroatoms. The Hall–Kier alpha value is -2.48. The van der Waals surface area contributed by atoms with E-state index >= 15 is 0 Å². The highest BCUT2D eigenvalue weighted by Gasteiger charge is 2.55. The predicted molar refractivity (Wildman–Crippen MR) is 135 cm³/mol. The molecule has 0 saturated heterocycles. The number of sulfonamides is 1. The molecule has 1 aliphatic rings. The second-order valence-corrected chi connectivity index (χ2v) is 12.6. The van der Waals surface area contributed by atoms with Crippen molar-refractivity contribution in [1.29, 1.82) is 0 Å². The van der Waals surface area contributed by atoms with E-state index in [4.69, 9.17) is 0 Å². The van der Waals surface area contributed by atoms with Crippen LogP contribution in [-0.4, -0.2) is 35.2 Å². The third-order valence-corrected chi connectivity index (χ3v) is 8.70. The van der Waals surface area contributed by atoms with Gasteiger partial charge in [0.25, 0.3) is 5.56 Å². The average molecular weight is 605 g/mol. The van der Waals surface area contributed by atoms with Gasteiger partial charge in [-0.25, -0.2) is 22.5 Å². The van der Waals surface area contributed by atoms with Crippen LogP contribution in [0.25, 0.3) is 0 Å². The molecule has 1 saturated carbocycles. The van der Waals surface area contributed by atoms with E-state index in [0.29, 0.717) is 14.8 Å². The van der Waals surface area contributed by atoms with Crippen LogP contribution in [0.1, 0.15) is 45.6 Å². The van der Waals surface area contributed by atoms with Crippen molar-refractivity contribution < 1.29 is 27.5 Å². The first-order chi connectivity index (χ1) is 15.6. The van der Waals surface area contributed by atoms with Crippen LogP contribution in [-0.2, 0) is 27.3 Å². The summed E-state index contributed by atoms with van der Waals surface area (Å²) >= 11 is 1.87. The van der Waals surface area contributed by atoms with Crippen molar-refractivity contribution >= 4 is 62.2 Å². The minimum Gasteiger partial charge on any atom is -0.464 e. The number of carboxylic acid groups (broad SMARTS) is 1. The number of nitrogens with one attached hydrogen (secondary N) is 1. The molecule has 1 aromatic heterocycles.